The normalized spacial score (nSPS) is 14.8. The first-order chi connectivity index (χ1) is 15.5. The molecule has 0 saturated carbocycles. The van der Waals surface area contributed by atoms with E-state index in [1.54, 1.807) is 30.4 Å². The summed E-state index contributed by atoms with van der Waals surface area (Å²) in [5.74, 6) is 0.244. The molecule has 0 bridgehead atoms. The van der Waals surface area contributed by atoms with Crippen LogP contribution in [0.3, 0.4) is 0 Å². The van der Waals surface area contributed by atoms with Gasteiger partial charge in [-0.25, -0.2) is 9.78 Å². The molecule has 3 aromatic rings. The maximum absolute atomic E-state index is 12.6. The first-order valence-electron chi connectivity index (χ1n) is 10.4. The standard InChI is InChI=1S/C23H22BrN3O4S/c1-2-30-23(29)18-13-20(31-26-18)19-14-32-22(25-19)16-9-11-27(12-10-16)21(28)8-7-15-5-3-4-6-17(15)24/h3-8,13-14,16H,2,9-12H2,1H3. The molecule has 0 radical (unpaired) electrons. The fourth-order valence-corrected chi connectivity index (χ4v) is 4.91. The smallest absolute Gasteiger partial charge is 0.360 e. The minimum atomic E-state index is -0.510. The van der Waals surface area contributed by atoms with E-state index in [9.17, 15) is 9.59 Å². The summed E-state index contributed by atoms with van der Waals surface area (Å²) in [6.07, 6.45) is 5.18. The number of esters is 1. The summed E-state index contributed by atoms with van der Waals surface area (Å²) in [4.78, 5) is 30.9. The van der Waals surface area contributed by atoms with Gasteiger partial charge in [-0.15, -0.1) is 11.3 Å². The van der Waals surface area contributed by atoms with E-state index in [0.29, 0.717) is 24.5 Å². The van der Waals surface area contributed by atoms with Crippen molar-refractivity contribution >= 4 is 45.2 Å². The van der Waals surface area contributed by atoms with E-state index in [4.69, 9.17) is 9.26 Å². The van der Waals surface area contributed by atoms with Crippen molar-refractivity contribution in [2.24, 2.45) is 0 Å². The van der Waals surface area contributed by atoms with Crippen molar-refractivity contribution in [2.75, 3.05) is 19.7 Å². The van der Waals surface area contributed by atoms with Crippen LogP contribution in [0, 0.1) is 0 Å². The van der Waals surface area contributed by atoms with Gasteiger partial charge in [0.15, 0.2) is 11.5 Å². The van der Waals surface area contributed by atoms with Crippen LogP contribution in [0.15, 0.2) is 50.8 Å². The molecule has 1 aliphatic heterocycles. The van der Waals surface area contributed by atoms with Gasteiger partial charge in [-0.1, -0.05) is 39.3 Å². The average Bonchev–Trinajstić information content (AvgIpc) is 3.49. The highest BCUT2D eigenvalue weighted by atomic mass is 79.9. The van der Waals surface area contributed by atoms with Crippen LogP contribution in [0.4, 0.5) is 0 Å². The molecular formula is C23H22BrN3O4S. The summed E-state index contributed by atoms with van der Waals surface area (Å²) in [5.41, 5.74) is 1.77. The molecule has 0 spiro atoms. The van der Waals surface area contributed by atoms with Crippen LogP contribution < -0.4 is 0 Å². The average molecular weight is 516 g/mol. The molecule has 0 unspecified atom stereocenters. The molecule has 0 N–H and O–H groups in total. The lowest BCUT2D eigenvalue weighted by molar-refractivity contribution is -0.126. The zero-order valence-electron chi connectivity index (χ0n) is 17.5. The Balaban J connectivity index is 1.34. The number of ether oxygens (including phenoxy) is 1. The molecule has 32 heavy (non-hydrogen) atoms. The number of likely N-dealkylation sites (tertiary alicyclic amines) is 1. The molecule has 3 heterocycles. The Kier molecular flexibility index (Phi) is 7.16. The van der Waals surface area contributed by atoms with E-state index >= 15 is 0 Å². The summed E-state index contributed by atoms with van der Waals surface area (Å²) in [6.45, 7) is 3.40. The third-order valence-electron chi connectivity index (χ3n) is 5.24. The molecule has 0 atom stereocenters. The predicted molar refractivity (Wildman–Crippen MR) is 125 cm³/mol. The van der Waals surface area contributed by atoms with Gasteiger partial charge in [-0.3, -0.25) is 4.79 Å². The Morgan fingerprint density at radius 1 is 1.31 bits per heavy atom. The lowest BCUT2D eigenvalue weighted by atomic mass is 9.97. The molecule has 0 aliphatic carbocycles. The summed E-state index contributed by atoms with van der Waals surface area (Å²) >= 11 is 5.05. The van der Waals surface area contributed by atoms with Crippen LogP contribution >= 0.6 is 27.3 Å². The molecule has 7 nitrogen and oxygen atoms in total. The SMILES string of the molecule is CCOC(=O)c1cc(-c2csc(C3CCN(C(=O)C=Cc4ccccc4Br)CC3)n2)on1. The molecule has 9 heteroatoms. The number of halogens is 1. The number of nitrogens with zero attached hydrogens (tertiary/aromatic N) is 3. The van der Waals surface area contributed by atoms with Gasteiger partial charge in [0.1, 0.15) is 5.69 Å². The maximum Gasteiger partial charge on any atom is 0.360 e. The Morgan fingerprint density at radius 3 is 2.84 bits per heavy atom. The van der Waals surface area contributed by atoms with Gasteiger partial charge in [-0.05, 0) is 37.5 Å². The van der Waals surface area contributed by atoms with E-state index in [-0.39, 0.29) is 24.1 Å². The highest BCUT2D eigenvalue weighted by molar-refractivity contribution is 9.10. The van der Waals surface area contributed by atoms with Crippen LogP contribution in [0.5, 0.6) is 0 Å². The number of amides is 1. The largest absolute Gasteiger partial charge is 0.461 e. The zero-order valence-corrected chi connectivity index (χ0v) is 19.9. The van der Waals surface area contributed by atoms with Gasteiger partial charge in [0.25, 0.3) is 0 Å². The number of rotatable bonds is 6. The summed E-state index contributed by atoms with van der Waals surface area (Å²) < 4.78 is 11.2. The van der Waals surface area contributed by atoms with E-state index < -0.39 is 5.97 Å². The highest BCUT2D eigenvalue weighted by Crippen LogP contribution is 2.33. The number of hydrogen-bond acceptors (Lipinski definition) is 7. The fraction of sp³-hybridized carbons (Fsp3) is 0.304. The minimum Gasteiger partial charge on any atom is -0.461 e. The van der Waals surface area contributed by atoms with Gasteiger partial charge >= 0.3 is 5.97 Å². The number of aromatic nitrogens is 2. The van der Waals surface area contributed by atoms with Gasteiger partial charge in [-0.2, -0.15) is 0 Å². The van der Waals surface area contributed by atoms with Crippen LogP contribution in [0.25, 0.3) is 17.5 Å². The quantitative estimate of drug-likeness (QED) is 0.333. The molecule has 1 fully saturated rings. The number of thiazole rings is 1. The molecule has 1 aromatic carbocycles. The van der Waals surface area contributed by atoms with Crippen molar-refractivity contribution in [1.29, 1.82) is 0 Å². The van der Waals surface area contributed by atoms with Gasteiger partial charge in [0.05, 0.1) is 11.6 Å². The van der Waals surface area contributed by atoms with Crippen LogP contribution in [0.2, 0.25) is 0 Å². The monoisotopic (exact) mass is 515 g/mol. The lowest BCUT2D eigenvalue weighted by Gasteiger charge is -2.30. The Morgan fingerprint density at radius 2 is 2.09 bits per heavy atom. The number of benzene rings is 1. The second-order valence-corrected chi connectivity index (χ2v) is 9.07. The van der Waals surface area contributed by atoms with E-state index in [0.717, 1.165) is 27.9 Å². The fourth-order valence-electron chi connectivity index (χ4n) is 3.51. The number of carbonyl (C=O) groups is 2. The third-order valence-corrected chi connectivity index (χ3v) is 6.97. The van der Waals surface area contributed by atoms with E-state index in [1.165, 1.54) is 0 Å². The van der Waals surface area contributed by atoms with E-state index in [2.05, 4.69) is 26.1 Å². The Bertz CT molecular complexity index is 1130. The molecule has 1 saturated heterocycles. The highest BCUT2D eigenvalue weighted by Gasteiger charge is 2.25. The zero-order chi connectivity index (χ0) is 22.5. The number of piperidine rings is 1. The van der Waals surface area contributed by atoms with Crippen molar-refractivity contribution in [3.63, 3.8) is 0 Å². The summed E-state index contributed by atoms with van der Waals surface area (Å²) in [5, 5.41) is 6.68. The van der Waals surface area contributed by atoms with Gasteiger partial charge < -0.3 is 14.2 Å². The predicted octanol–water partition coefficient (Wildman–Crippen LogP) is 5.16. The summed E-state index contributed by atoms with van der Waals surface area (Å²) in [6, 6.07) is 9.35. The number of carbonyl (C=O) groups excluding carboxylic acids is 2. The van der Waals surface area contributed by atoms with Crippen molar-refractivity contribution in [3.05, 3.63) is 62.5 Å². The second kappa shape index (κ2) is 10.2. The molecule has 166 valence electrons. The first-order valence-corrected chi connectivity index (χ1v) is 12.0. The van der Waals surface area contributed by atoms with E-state index in [1.807, 2.05) is 40.6 Å². The third kappa shape index (κ3) is 5.16. The maximum atomic E-state index is 12.6. The van der Waals surface area contributed by atoms with Gasteiger partial charge in [0, 0.05) is 41.0 Å². The van der Waals surface area contributed by atoms with Crippen molar-refractivity contribution in [2.45, 2.75) is 25.7 Å². The Labute approximate surface area is 198 Å². The van der Waals surface area contributed by atoms with Crippen LogP contribution in [0.1, 0.15) is 46.7 Å². The minimum absolute atomic E-state index is 0.0205. The molecule has 4 rings (SSSR count). The molecule has 1 aliphatic rings. The number of hydrogen-bond donors (Lipinski definition) is 0. The second-order valence-electron chi connectivity index (χ2n) is 7.32. The molecule has 2 aromatic heterocycles. The Hall–Kier alpha value is -2.78. The molecular weight excluding hydrogens is 494 g/mol. The van der Waals surface area contributed by atoms with Crippen molar-refractivity contribution < 1.29 is 18.8 Å². The first kappa shape index (κ1) is 22.4. The molecule has 1 amide bonds. The topological polar surface area (TPSA) is 85.5 Å². The van der Waals surface area contributed by atoms with Crippen molar-refractivity contribution in [1.82, 2.24) is 15.0 Å². The van der Waals surface area contributed by atoms with Crippen LogP contribution in [-0.4, -0.2) is 46.6 Å². The van der Waals surface area contributed by atoms with Gasteiger partial charge in [0.2, 0.25) is 5.91 Å². The lowest BCUT2D eigenvalue weighted by Crippen LogP contribution is -2.36. The van der Waals surface area contributed by atoms with Crippen LogP contribution in [-0.2, 0) is 9.53 Å². The summed E-state index contributed by atoms with van der Waals surface area (Å²) in [7, 11) is 0. The van der Waals surface area contributed by atoms with Crippen molar-refractivity contribution in [3.8, 4) is 11.5 Å².